The van der Waals surface area contributed by atoms with E-state index in [2.05, 4.69) is 16.0 Å². The highest BCUT2D eigenvalue weighted by Gasteiger charge is 1.81. The molecule has 0 saturated carbocycles. The zero-order valence-electron chi connectivity index (χ0n) is 4.37. The third kappa shape index (κ3) is 6.34. The third-order valence-electron chi connectivity index (χ3n) is 0.349. The van der Waals surface area contributed by atoms with E-state index in [4.69, 9.17) is 0 Å². The number of carbonyl (C=O) groups excluding carboxylic acids is 1. The Balaban J connectivity index is 3.19. The van der Waals surface area contributed by atoms with E-state index in [9.17, 15) is 9.70 Å². The second-order valence-electron chi connectivity index (χ2n) is 0.951. The average molecular weight is 131 g/mol. The molecule has 0 bridgehead atoms. The molecule has 0 aliphatic heterocycles. The largest absolute Gasteiger partial charge is 0.350 e. The summed E-state index contributed by atoms with van der Waals surface area (Å²) in [6.45, 7) is 0. The lowest BCUT2D eigenvalue weighted by molar-refractivity contribution is 0.245. The number of hydrogen-bond donors (Lipinski definition) is 3. The predicted molar refractivity (Wildman–Crippen MR) is 30.1 cm³/mol. The first kappa shape index (κ1) is 7.34. The molecule has 0 heterocycles. The maximum atomic E-state index is 9.83. The second-order valence-corrected chi connectivity index (χ2v) is 0.951. The molecule has 2 amide bonds. The fourth-order valence-corrected chi connectivity index (χ4v) is 0.140. The van der Waals surface area contributed by atoms with Crippen LogP contribution in [0.3, 0.4) is 0 Å². The molecule has 0 spiro atoms. The number of hydrazine groups is 1. The Morgan fingerprint density at radius 3 is 2.78 bits per heavy atom. The highest BCUT2D eigenvalue weighted by molar-refractivity contribution is 5.71. The molecule has 0 atom stereocenters. The van der Waals surface area contributed by atoms with E-state index in [1.807, 2.05) is 11.0 Å². The van der Waals surface area contributed by atoms with Crippen molar-refractivity contribution in [2.45, 2.75) is 0 Å². The summed E-state index contributed by atoms with van der Waals surface area (Å²) < 4.78 is 0. The van der Waals surface area contributed by atoms with Crippen LogP contribution in [0.2, 0.25) is 0 Å². The summed E-state index contributed by atoms with van der Waals surface area (Å²) in [4.78, 5) is 19.1. The molecule has 0 aromatic rings. The lowest BCUT2D eigenvalue weighted by atomic mass is 11.1. The summed E-state index contributed by atoms with van der Waals surface area (Å²) in [5, 5.41) is 5.30. The van der Waals surface area contributed by atoms with Crippen molar-refractivity contribution >= 4 is 12.4 Å². The van der Waals surface area contributed by atoms with Gasteiger partial charge in [0.25, 0.3) is 0 Å². The fraction of sp³-hybridized carbons (Fsp3) is 0. The molecule has 7 nitrogen and oxygen atoms in total. The second kappa shape index (κ2) is 4.50. The Morgan fingerprint density at radius 1 is 1.67 bits per heavy atom. The van der Waals surface area contributed by atoms with E-state index in [-0.39, 0.29) is 0 Å². The van der Waals surface area contributed by atoms with Gasteiger partial charge in [0.1, 0.15) is 0 Å². The van der Waals surface area contributed by atoms with Crippen molar-refractivity contribution in [2.75, 3.05) is 0 Å². The summed E-state index contributed by atoms with van der Waals surface area (Å²) in [6.07, 6.45) is 0.677. The monoisotopic (exact) mass is 131 g/mol. The standard InChI is InChI=1S/C2H5N5O2/c3-2(8)6-7-4-1-5-9/h1,7H,(H3,3,6,8). The van der Waals surface area contributed by atoms with Gasteiger partial charge in [-0.1, -0.05) is 0 Å². The van der Waals surface area contributed by atoms with Crippen LogP contribution in [0, 0.1) is 4.91 Å². The van der Waals surface area contributed by atoms with E-state index in [0.29, 0.717) is 6.34 Å². The lowest BCUT2D eigenvalue weighted by Crippen LogP contribution is -2.37. The molecular formula is C2H5N5O2. The first-order valence-electron chi connectivity index (χ1n) is 1.92. The van der Waals surface area contributed by atoms with Crippen LogP contribution in [0.5, 0.6) is 0 Å². The summed E-state index contributed by atoms with van der Waals surface area (Å²) in [7, 11) is 0. The SMILES string of the molecule is NC(=O)NNN=CN=O. The van der Waals surface area contributed by atoms with Gasteiger partial charge in [0, 0.05) is 0 Å². The highest BCUT2D eigenvalue weighted by atomic mass is 16.3. The first-order valence-corrected chi connectivity index (χ1v) is 1.92. The maximum absolute atomic E-state index is 9.83. The molecular weight excluding hydrogens is 126 g/mol. The van der Waals surface area contributed by atoms with Crippen LogP contribution >= 0.6 is 0 Å². The van der Waals surface area contributed by atoms with Gasteiger partial charge in [-0.3, -0.25) is 0 Å². The zero-order valence-corrected chi connectivity index (χ0v) is 4.37. The number of nitrogens with zero attached hydrogens (tertiary/aromatic N) is 2. The molecule has 50 valence electrons. The number of carbonyl (C=O) groups is 1. The van der Waals surface area contributed by atoms with Gasteiger partial charge in [0.15, 0.2) is 6.34 Å². The summed E-state index contributed by atoms with van der Waals surface area (Å²) >= 11 is 0. The number of rotatable bonds is 3. The lowest BCUT2D eigenvalue weighted by Gasteiger charge is -1.94. The summed E-state index contributed by atoms with van der Waals surface area (Å²) in [5.74, 6) is 0. The molecule has 0 fully saturated rings. The number of urea groups is 1. The molecule has 0 aromatic carbocycles. The average Bonchev–Trinajstić information content (AvgIpc) is 1.80. The van der Waals surface area contributed by atoms with Gasteiger partial charge in [-0.05, 0) is 5.18 Å². The maximum Gasteiger partial charge on any atom is 0.332 e. The molecule has 7 heteroatoms. The minimum Gasteiger partial charge on any atom is -0.350 e. The van der Waals surface area contributed by atoms with Crippen molar-refractivity contribution in [3.63, 3.8) is 0 Å². The number of hydrazone groups is 1. The van der Waals surface area contributed by atoms with E-state index >= 15 is 0 Å². The molecule has 9 heavy (non-hydrogen) atoms. The zero-order chi connectivity index (χ0) is 7.11. The summed E-state index contributed by atoms with van der Waals surface area (Å²) in [6, 6.07) is -0.793. The van der Waals surface area contributed by atoms with Crippen LogP contribution in [0.1, 0.15) is 0 Å². The van der Waals surface area contributed by atoms with E-state index < -0.39 is 6.03 Å². The van der Waals surface area contributed by atoms with Crippen LogP contribution in [0.25, 0.3) is 0 Å². The molecule has 0 unspecified atom stereocenters. The van der Waals surface area contributed by atoms with Crippen molar-refractivity contribution in [1.29, 1.82) is 0 Å². The molecule has 4 N–H and O–H groups in total. The van der Waals surface area contributed by atoms with Gasteiger partial charge in [-0.15, -0.1) is 10.0 Å². The van der Waals surface area contributed by atoms with Crippen molar-refractivity contribution < 1.29 is 4.79 Å². The van der Waals surface area contributed by atoms with Crippen LogP contribution in [0.15, 0.2) is 10.3 Å². The number of nitroso groups, excluding NO2 is 1. The highest BCUT2D eigenvalue weighted by Crippen LogP contribution is 1.53. The van der Waals surface area contributed by atoms with Gasteiger partial charge in [0.2, 0.25) is 0 Å². The van der Waals surface area contributed by atoms with Gasteiger partial charge in [-0.2, -0.15) is 0 Å². The fourth-order valence-electron chi connectivity index (χ4n) is 0.140. The third-order valence-corrected chi connectivity index (χ3v) is 0.349. The van der Waals surface area contributed by atoms with Crippen LogP contribution in [0.4, 0.5) is 4.79 Å². The Labute approximate surface area is 50.2 Å². The Kier molecular flexibility index (Phi) is 3.67. The number of nitrogens with one attached hydrogen (secondary N) is 2. The Hall–Kier alpha value is -1.66. The number of nitrogens with two attached hydrogens (primary N) is 1. The topological polar surface area (TPSA) is 109 Å². The predicted octanol–water partition coefficient (Wildman–Crippen LogP) is -1.13. The van der Waals surface area contributed by atoms with Crippen LogP contribution in [-0.2, 0) is 0 Å². The molecule has 0 aliphatic carbocycles. The van der Waals surface area contributed by atoms with Gasteiger partial charge < -0.3 is 5.73 Å². The van der Waals surface area contributed by atoms with E-state index in [1.54, 1.807) is 0 Å². The van der Waals surface area contributed by atoms with Crippen molar-refractivity contribution in [3.8, 4) is 0 Å². The molecule has 0 radical (unpaired) electrons. The molecule has 0 saturated heterocycles. The normalized spacial score (nSPS) is 8.89. The smallest absolute Gasteiger partial charge is 0.332 e. The van der Waals surface area contributed by atoms with Crippen molar-refractivity contribution in [2.24, 2.45) is 16.0 Å². The van der Waals surface area contributed by atoms with Gasteiger partial charge in [-0.25, -0.2) is 15.8 Å². The van der Waals surface area contributed by atoms with E-state index in [0.717, 1.165) is 0 Å². The van der Waals surface area contributed by atoms with Crippen molar-refractivity contribution in [1.82, 2.24) is 11.0 Å². The Morgan fingerprint density at radius 2 is 2.33 bits per heavy atom. The summed E-state index contributed by atoms with van der Waals surface area (Å²) in [5.41, 5.74) is 8.39. The number of hydrogen-bond acceptors (Lipinski definition) is 4. The molecule has 0 aromatic heterocycles. The van der Waals surface area contributed by atoms with Crippen LogP contribution in [-0.4, -0.2) is 12.4 Å². The van der Waals surface area contributed by atoms with Gasteiger partial charge >= 0.3 is 6.03 Å². The first-order chi connectivity index (χ1) is 4.27. The van der Waals surface area contributed by atoms with Crippen molar-refractivity contribution in [3.05, 3.63) is 4.91 Å². The minimum absolute atomic E-state index is 0.677. The minimum atomic E-state index is -0.793. The molecule has 0 rings (SSSR count). The Bertz CT molecular complexity index is 131. The number of primary amides is 1. The van der Waals surface area contributed by atoms with E-state index in [1.165, 1.54) is 0 Å². The van der Waals surface area contributed by atoms with Gasteiger partial charge in [0.05, 0.1) is 0 Å². The van der Waals surface area contributed by atoms with Crippen LogP contribution < -0.4 is 16.7 Å². The quantitative estimate of drug-likeness (QED) is 0.195. The number of amides is 2. The molecule has 0 aliphatic rings.